The van der Waals surface area contributed by atoms with Gasteiger partial charge in [-0.3, -0.25) is 14.3 Å². The van der Waals surface area contributed by atoms with Gasteiger partial charge < -0.3 is 19.9 Å². The third-order valence-corrected chi connectivity index (χ3v) is 5.60. The number of aromatic nitrogens is 5. The van der Waals surface area contributed by atoms with E-state index in [-0.39, 0.29) is 23.8 Å². The molecule has 31 heavy (non-hydrogen) atoms. The summed E-state index contributed by atoms with van der Waals surface area (Å²) >= 11 is 0. The van der Waals surface area contributed by atoms with Gasteiger partial charge in [0.15, 0.2) is 5.65 Å². The number of likely N-dealkylation sites (tertiary alicyclic amines) is 1. The fourth-order valence-electron chi connectivity index (χ4n) is 3.63. The van der Waals surface area contributed by atoms with Gasteiger partial charge in [0, 0.05) is 38.1 Å². The summed E-state index contributed by atoms with van der Waals surface area (Å²) in [6.07, 6.45) is 11.2. The Kier molecular flexibility index (Phi) is 4.93. The van der Waals surface area contributed by atoms with Gasteiger partial charge in [0.25, 0.3) is 5.91 Å². The number of hydrogen-bond acceptors (Lipinski definition) is 6. The number of aromatic amines is 1. The van der Waals surface area contributed by atoms with Crippen molar-refractivity contribution in [1.29, 1.82) is 0 Å². The maximum atomic E-state index is 12.6. The average Bonchev–Trinajstić information content (AvgIpc) is 3.43. The second-order valence-electron chi connectivity index (χ2n) is 8.54. The van der Waals surface area contributed by atoms with Gasteiger partial charge in [-0.25, -0.2) is 9.97 Å². The molecule has 0 aromatic carbocycles. The van der Waals surface area contributed by atoms with Gasteiger partial charge in [-0.1, -0.05) is 19.3 Å². The molecule has 3 aromatic heterocycles. The van der Waals surface area contributed by atoms with Gasteiger partial charge >= 0.3 is 0 Å². The molecule has 1 aliphatic carbocycles. The zero-order chi connectivity index (χ0) is 21.4. The summed E-state index contributed by atoms with van der Waals surface area (Å²) in [5, 5.41) is 6.82. The van der Waals surface area contributed by atoms with Crippen molar-refractivity contribution in [2.75, 3.05) is 32.8 Å². The predicted octanol–water partition coefficient (Wildman–Crippen LogP) is 1.12. The quantitative estimate of drug-likeness (QED) is 0.649. The van der Waals surface area contributed by atoms with E-state index in [1.165, 1.54) is 19.3 Å². The molecule has 6 rings (SSSR count). The van der Waals surface area contributed by atoms with Crippen molar-refractivity contribution >= 4 is 23.0 Å². The molecule has 3 fully saturated rings. The molecule has 0 bridgehead atoms. The number of carbonyl (C=O) groups is 2. The first-order chi connectivity index (χ1) is 15.0. The summed E-state index contributed by atoms with van der Waals surface area (Å²) in [4.78, 5) is 38.4. The predicted molar refractivity (Wildman–Crippen MR) is 112 cm³/mol. The summed E-state index contributed by atoms with van der Waals surface area (Å²) < 4.78 is 6.88. The number of carbonyl (C=O) groups excluding carboxylic acids is 2. The smallest absolute Gasteiger partial charge is 0.255 e. The number of nitrogens with one attached hydrogen (secondary N) is 2. The summed E-state index contributed by atoms with van der Waals surface area (Å²) in [7, 11) is 1.82. The molecular formula is C21H25N7O3. The molecule has 0 unspecified atom stereocenters. The Hall–Kier alpha value is -3.27. The molecule has 5 heterocycles. The lowest BCUT2D eigenvalue weighted by atomic mass is 9.78. The van der Waals surface area contributed by atoms with E-state index < -0.39 is 0 Å². The number of H-pyrrole nitrogens is 1. The third-order valence-electron chi connectivity index (χ3n) is 5.60. The highest BCUT2D eigenvalue weighted by Crippen LogP contribution is 2.37. The number of nitrogens with zero attached hydrogens (tertiary/aromatic N) is 5. The summed E-state index contributed by atoms with van der Waals surface area (Å²) in [6, 6.07) is 0. The molecule has 3 aromatic rings. The third kappa shape index (κ3) is 4.02. The van der Waals surface area contributed by atoms with Crippen molar-refractivity contribution in [3.63, 3.8) is 0 Å². The number of amides is 2. The van der Waals surface area contributed by atoms with Crippen LogP contribution in [0.1, 0.15) is 29.6 Å². The Morgan fingerprint density at radius 2 is 2.00 bits per heavy atom. The zero-order valence-electron chi connectivity index (χ0n) is 17.4. The van der Waals surface area contributed by atoms with E-state index in [0.717, 1.165) is 18.8 Å². The van der Waals surface area contributed by atoms with Crippen molar-refractivity contribution in [2.24, 2.45) is 12.5 Å². The van der Waals surface area contributed by atoms with Crippen LogP contribution >= 0.6 is 0 Å². The second-order valence-corrected chi connectivity index (χ2v) is 8.54. The monoisotopic (exact) mass is 423 g/mol. The Morgan fingerprint density at radius 3 is 2.61 bits per heavy atom. The standard InChI is InChI=1S/C18H19N7O3.C3H6/c1-24-6-11(2-22-24)13-4-20-16-15(23-13)12(3-19-16)17(27)21-5-14(26)25-7-18(8-25)9-28-10-18;1-2-3-1/h2-4,6H,5,7-10H2,1H3,(H,19,20)(H,21,27);1-3H2. The summed E-state index contributed by atoms with van der Waals surface area (Å²) in [5.74, 6) is -0.452. The van der Waals surface area contributed by atoms with E-state index in [0.29, 0.717) is 35.5 Å². The van der Waals surface area contributed by atoms with E-state index in [1.54, 1.807) is 28.2 Å². The Bertz CT molecular complexity index is 1120. The van der Waals surface area contributed by atoms with E-state index in [1.807, 2.05) is 13.2 Å². The minimum Gasteiger partial charge on any atom is -0.380 e. The number of fused-ring (bicyclic) bond motifs is 1. The van der Waals surface area contributed by atoms with Gasteiger partial charge in [0.05, 0.1) is 48.8 Å². The van der Waals surface area contributed by atoms with Crippen molar-refractivity contribution in [3.8, 4) is 11.3 Å². The first kappa shape index (κ1) is 19.7. The fraction of sp³-hybridized carbons (Fsp3) is 0.476. The second kappa shape index (κ2) is 7.77. The first-order valence-electron chi connectivity index (χ1n) is 10.5. The molecule has 2 N–H and O–H groups in total. The van der Waals surface area contributed by atoms with Crippen LogP contribution in [0.5, 0.6) is 0 Å². The first-order valence-corrected chi connectivity index (χ1v) is 10.5. The highest BCUT2D eigenvalue weighted by atomic mass is 16.5. The minimum atomic E-state index is -0.362. The SMILES string of the molecule is C1CC1.Cn1cc(-c2cnc3[nH]cc(C(=O)NCC(=O)N4CC5(COC5)C4)c3n2)cn1. The zero-order valence-corrected chi connectivity index (χ0v) is 17.4. The van der Waals surface area contributed by atoms with Gasteiger partial charge in [-0.05, 0) is 0 Å². The molecule has 0 atom stereocenters. The molecule has 10 nitrogen and oxygen atoms in total. The molecule has 1 spiro atoms. The van der Waals surface area contributed by atoms with Crippen molar-refractivity contribution < 1.29 is 14.3 Å². The molecule has 1 saturated carbocycles. The lowest BCUT2D eigenvalue weighted by Crippen LogP contribution is -2.68. The largest absolute Gasteiger partial charge is 0.380 e. The Labute approximate surface area is 179 Å². The molecule has 3 aliphatic rings. The molecular weight excluding hydrogens is 398 g/mol. The Balaban J connectivity index is 0.000000628. The van der Waals surface area contributed by atoms with Gasteiger partial charge in [0.2, 0.25) is 5.91 Å². The number of ether oxygens (including phenoxy) is 1. The fourth-order valence-corrected chi connectivity index (χ4v) is 3.63. The van der Waals surface area contributed by atoms with E-state index >= 15 is 0 Å². The molecule has 2 amide bonds. The molecule has 2 saturated heterocycles. The Morgan fingerprint density at radius 1 is 1.23 bits per heavy atom. The van der Waals surface area contributed by atoms with E-state index in [4.69, 9.17) is 4.74 Å². The van der Waals surface area contributed by atoms with Crippen LogP contribution in [0.3, 0.4) is 0 Å². The summed E-state index contributed by atoms with van der Waals surface area (Å²) in [5.41, 5.74) is 2.92. The highest BCUT2D eigenvalue weighted by Gasteiger charge is 2.50. The number of rotatable bonds is 4. The van der Waals surface area contributed by atoms with Crippen LogP contribution in [0.2, 0.25) is 0 Å². The highest BCUT2D eigenvalue weighted by molar-refractivity contribution is 6.05. The lowest BCUT2D eigenvalue weighted by Gasteiger charge is -2.54. The van der Waals surface area contributed by atoms with Gasteiger partial charge in [0.1, 0.15) is 5.52 Å². The van der Waals surface area contributed by atoms with Crippen LogP contribution in [-0.2, 0) is 16.6 Å². The normalized spacial score (nSPS) is 18.0. The maximum Gasteiger partial charge on any atom is 0.255 e. The summed E-state index contributed by atoms with van der Waals surface area (Å²) in [6.45, 7) is 2.80. The van der Waals surface area contributed by atoms with Crippen LogP contribution in [0, 0.1) is 5.41 Å². The van der Waals surface area contributed by atoms with Crippen molar-refractivity contribution in [2.45, 2.75) is 19.3 Å². The number of aryl methyl sites for hydroxylation is 1. The van der Waals surface area contributed by atoms with Gasteiger partial charge in [-0.2, -0.15) is 5.10 Å². The molecule has 0 radical (unpaired) electrons. The van der Waals surface area contributed by atoms with Crippen molar-refractivity contribution in [1.82, 2.24) is 34.9 Å². The minimum absolute atomic E-state index is 0.0435. The molecule has 2 aliphatic heterocycles. The van der Waals surface area contributed by atoms with Crippen LogP contribution in [0.25, 0.3) is 22.4 Å². The van der Waals surface area contributed by atoms with Gasteiger partial charge in [-0.15, -0.1) is 0 Å². The average molecular weight is 423 g/mol. The topological polar surface area (TPSA) is 118 Å². The van der Waals surface area contributed by atoms with Crippen LogP contribution in [-0.4, -0.2) is 74.3 Å². The lowest BCUT2D eigenvalue weighted by molar-refractivity contribution is -0.194. The van der Waals surface area contributed by atoms with Crippen LogP contribution in [0.15, 0.2) is 24.8 Å². The maximum absolute atomic E-state index is 12.6. The number of hydrogen-bond donors (Lipinski definition) is 2. The molecule has 10 heteroatoms. The van der Waals surface area contributed by atoms with E-state index in [9.17, 15) is 9.59 Å². The van der Waals surface area contributed by atoms with Crippen LogP contribution in [0.4, 0.5) is 0 Å². The van der Waals surface area contributed by atoms with E-state index in [2.05, 4.69) is 25.4 Å². The van der Waals surface area contributed by atoms with Crippen molar-refractivity contribution in [3.05, 3.63) is 30.4 Å². The molecule has 162 valence electrons. The van der Waals surface area contributed by atoms with Crippen LogP contribution < -0.4 is 5.32 Å².